The minimum Gasteiger partial charge on any atom is -0.370 e. The molecule has 2 rings (SSSR count). The average Bonchev–Trinajstić information content (AvgIpc) is 2.91. The van der Waals surface area contributed by atoms with Crippen LogP contribution in [-0.2, 0) is 6.54 Å². The first-order chi connectivity index (χ1) is 9.28. The van der Waals surface area contributed by atoms with E-state index in [0.717, 1.165) is 25.9 Å². The summed E-state index contributed by atoms with van der Waals surface area (Å²) in [6.07, 6.45) is 7.64. The van der Waals surface area contributed by atoms with Crippen molar-refractivity contribution in [3.05, 3.63) is 24.8 Å². The quantitative estimate of drug-likeness (QED) is 0.324. The summed E-state index contributed by atoms with van der Waals surface area (Å²) < 4.78 is 2.05. The molecule has 2 heterocycles. The Kier molecular flexibility index (Phi) is 4.51. The molecule has 0 aliphatic heterocycles. The molecule has 0 atom stereocenters. The Bertz CT molecular complexity index is 495. The molecule has 0 fully saturated rings. The van der Waals surface area contributed by atoms with Crippen LogP contribution in [0.4, 0.5) is 17.6 Å². The van der Waals surface area contributed by atoms with Crippen LogP contribution in [0.15, 0.2) is 24.8 Å². The van der Waals surface area contributed by atoms with Gasteiger partial charge in [0.2, 0.25) is 5.95 Å². The third kappa shape index (κ3) is 4.11. The number of imidazole rings is 1. The van der Waals surface area contributed by atoms with E-state index in [-0.39, 0.29) is 5.95 Å². The fourth-order valence-electron chi connectivity index (χ4n) is 1.69. The zero-order valence-electron chi connectivity index (χ0n) is 10.6. The second kappa shape index (κ2) is 6.55. The lowest BCUT2D eigenvalue weighted by Gasteiger charge is -2.08. The summed E-state index contributed by atoms with van der Waals surface area (Å²) in [5.74, 6) is 6.64. The van der Waals surface area contributed by atoms with Crippen LogP contribution in [0.25, 0.3) is 0 Å². The average molecular weight is 262 g/mol. The van der Waals surface area contributed by atoms with Crippen LogP contribution in [0.2, 0.25) is 0 Å². The van der Waals surface area contributed by atoms with Crippen LogP contribution in [-0.4, -0.2) is 26.1 Å². The van der Waals surface area contributed by atoms with Crippen LogP contribution in [0.1, 0.15) is 12.8 Å². The number of aryl methyl sites for hydroxylation is 1. The molecule has 2 aromatic rings. The zero-order valence-corrected chi connectivity index (χ0v) is 10.6. The number of hydrogen-bond donors (Lipinski definition) is 4. The van der Waals surface area contributed by atoms with Gasteiger partial charge < -0.3 is 21.0 Å². The Labute approximate surface area is 111 Å². The molecule has 2 aromatic heterocycles. The van der Waals surface area contributed by atoms with Crippen molar-refractivity contribution in [1.29, 1.82) is 0 Å². The van der Waals surface area contributed by atoms with E-state index in [9.17, 15) is 0 Å². The van der Waals surface area contributed by atoms with Crippen molar-refractivity contribution < 1.29 is 0 Å². The van der Waals surface area contributed by atoms with Gasteiger partial charge in [0.15, 0.2) is 0 Å². The lowest BCUT2D eigenvalue weighted by Crippen LogP contribution is -2.12. The van der Waals surface area contributed by atoms with E-state index in [2.05, 4.69) is 30.3 Å². The molecule has 8 heteroatoms. The number of nitrogens with one attached hydrogen (secondary N) is 2. The molecule has 19 heavy (non-hydrogen) atoms. The van der Waals surface area contributed by atoms with E-state index in [4.69, 9.17) is 11.6 Å². The molecule has 0 amide bonds. The Hall–Kier alpha value is -2.35. The van der Waals surface area contributed by atoms with Crippen LogP contribution < -0.4 is 22.3 Å². The summed E-state index contributed by atoms with van der Waals surface area (Å²) >= 11 is 0. The number of hydrogen-bond acceptors (Lipinski definition) is 7. The second-order valence-corrected chi connectivity index (χ2v) is 4.08. The van der Waals surface area contributed by atoms with E-state index >= 15 is 0 Å². The maximum atomic E-state index is 5.56. The third-order valence-electron chi connectivity index (χ3n) is 2.60. The van der Waals surface area contributed by atoms with Gasteiger partial charge in [-0.15, -0.1) is 0 Å². The van der Waals surface area contributed by atoms with Crippen molar-refractivity contribution in [1.82, 2.24) is 19.5 Å². The number of aromatic nitrogens is 4. The van der Waals surface area contributed by atoms with Crippen molar-refractivity contribution in [3.8, 4) is 0 Å². The van der Waals surface area contributed by atoms with Gasteiger partial charge in [-0.1, -0.05) is 0 Å². The van der Waals surface area contributed by atoms with E-state index in [0.29, 0.717) is 11.6 Å². The predicted octanol–water partition coefficient (Wildman–Crippen LogP) is 0.433. The number of anilines is 3. The predicted molar refractivity (Wildman–Crippen MR) is 74.2 cm³/mol. The number of nitrogens with zero attached hydrogens (tertiary/aromatic N) is 4. The first kappa shape index (κ1) is 13.1. The minimum atomic E-state index is 0.191. The first-order valence-electron chi connectivity index (χ1n) is 6.09. The molecule has 0 aromatic carbocycles. The molecule has 0 spiro atoms. The molecule has 0 aliphatic carbocycles. The fourth-order valence-corrected chi connectivity index (χ4v) is 1.69. The highest BCUT2D eigenvalue weighted by Gasteiger charge is 2.00. The molecule has 6 N–H and O–H groups in total. The van der Waals surface area contributed by atoms with E-state index in [1.54, 1.807) is 12.3 Å². The molecule has 0 aliphatic rings. The highest BCUT2D eigenvalue weighted by atomic mass is 15.3. The van der Waals surface area contributed by atoms with Crippen molar-refractivity contribution >= 4 is 17.6 Å². The molecular formula is C11H18N8. The summed E-state index contributed by atoms with van der Waals surface area (Å²) in [4.78, 5) is 12.0. The molecule has 8 nitrogen and oxygen atoms in total. The monoisotopic (exact) mass is 262 g/mol. The van der Waals surface area contributed by atoms with Gasteiger partial charge in [-0.05, 0) is 12.8 Å². The van der Waals surface area contributed by atoms with E-state index in [1.807, 2.05) is 12.5 Å². The molecular weight excluding hydrogens is 244 g/mol. The Morgan fingerprint density at radius 1 is 1.21 bits per heavy atom. The maximum Gasteiger partial charge on any atom is 0.223 e. The summed E-state index contributed by atoms with van der Waals surface area (Å²) in [5.41, 5.74) is 8.01. The summed E-state index contributed by atoms with van der Waals surface area (Å²) in [6.45, 7) is 1.78. The van der Waals surface area contributed by atoms with Crippen LogP contribution >= 0.6 is 0 Å². The smallest absolute Gasteiger partial charge is 0.223 e. The molecule has 102 valence electrons. The molecule has 0 unspecified atom stereocenters. The molecule has 0 radical (unpaired) electrons. The highest BCUT2D eigenvalue weighted by molar-refractivity contribution is 5.50. The Morgan fingerprint density at radius 3 is 2.79 bits per heavy atom. The summed E-state index contributed by atoms with van der Waals surface area (Å²) in [7, 11) is 0. The van der Waals surface area contributed by atoms with Crippen LogP contribution in [0, 0.1) is 0 Å². The Morgan fingerprint density at radius 2 is 2.05 bits per heavy atom. The lowest BCUT2D eigenvalue weighted by molar-refractivity contribution is 0.620. The third-order valence-corrected chi connectivity index (χ3v) is 2.60. The number of rotatable bonds is 7. The molecule has 0 saturated heterocycles. The summed E-state index contributed by atoms with van der Waals surface area (Å²) in [6, 6.07) is 1.71. The van der Waals surface area contributed by atoms with Gasteiger partial charge in [-0.25, -0.2) is 10.8 Å². The van der Waals surface area contributed by atoms with Crippen molar-refractivity contribution in [2.24, 2.45) is 5.84 Å². The normalized spacial score (nSPS) is 10.4. The van der Waals surface area contributed by atoms with Crippen LogP contribution in [0.3, 0.4) is 0 Å². The zero-order chi connectivity index (χ0) is 13.5. The molecule has 0 saturated carbocycles. The highest BCUT2D eigenvalue weighted by Crippen LogP contribution is 2.11. The van der Waals surface area contributed by atoms with Crippen molar-refractivity contribution in [2.45, 2.75) is 19.4 Å². The number of hydrazine groups is 1. The van der Waals surface area contributed by atoms with Gasteiger partial charge in [0, 0.05) is 31.5 Å². The lowest BCUT2D eigenvalue weighted by atomic mass is 10.3. The fraction of sp³-hybridized carbons (Fsp3) is 0.364. The first-order valence-corrected chi connectivity index (χ1v) is 6.09. The van der Waals surface area contributed by atoms with Crippen molar-refractivity contribution in [2.75, 3.05) is 23.0 Å². The van der Waals surface area contributed by atoms with E-state index < -0.39 is 0 Å². The van der Waals surface area contributed by atoms with Crippen molar-refractivity contribution in [3.63, 3.8) is 0 Å². The standard InChI is InChI=1S/C11H18N8/c12-11-16-9(7-10(17-11)18-13)15-3-1-2-5-19-6-4-14-8-19/h4,6-8H,1-3,5,13H2,(H4,12,15,16,17,18). The van der Waals surface area contributed by atoms with Gasteiger partial charge in [0.1, 0.15) is 11.6 Å². The topological polar surface area (TPSA) is 120 Å². The van der Waals surface area contributed by atoms with Gasteiger partial charge in [-0.3, -0.25) is 0 Å². The number of nitrogens with two attached hydrogens (primary N) is 2. The molecule has 0 bridgehead atoms. The number of unbranched alkanes of at least 4 members (excludes halogenated alkanes) is 1. The Balaban J connectivity index is 1.72. The van der Waals surface area contributed by atoms with Crippen LogP contribution in [0.5, 0.6) is 0 Å². The second-order valence-electron chi connectivity index (χ2n) is 4.08. The van der Waals surface area contributed by atoms with Gasteiger partial charge in [-0.2, -0.15) is 9.97 Å². The minimum absolute atomic E-state index is 0.191. The van der Waals surface area contributed by atoms with Gasteiger partial charge in [0.25, 0.3) is 0 Å². The number of nitrogen functional groups attached to an aromatic ring is 2. The SMILES string of the molecule is NNc1cc(NCCCCn2ccnc2)nc(N)n1. The maximum absolute atomic E-state index is 5.56. The van der Waals surface area contributed by atoms with Gasteiger partial charge in [0.05, 0.1) is 6.33 Å². The summed E-state index contributed by atoms with van der Waals surface area (Å²) in [5, 5.41) is 3.19. The van der Waals surface area contributed by atoms with Gasteiger partial charge >= 0.3 is 0 Å². The largest absolute Gasteiger partial charge is 0.370 e. The van der Waals surface area contributed by atoms with E-state index in [1.165, 1.54) is 0 Å².